The predicted octanol–water partition coefficient (Wildman–Crippen LogP) is 6.45. The Labute approximate surface area is 162 Å². The Bertz CT molecular complexity index is 1300. The molecular weight excluding hydrogens is 348 g/mol. The molecule has 4 nitrogen and oxygen atoms in total. The molecule has 0 spiro atoms. The summed E-state index contributed by atoms with van der Waals surface area (Å²) < 4.78 is 12.1. The SMILES string of the molecule is Cc1ccc(-c2ccc(Oc3ncnc4c3oc3ccccc34)c(C)c2)cc1. The molecule has 3 aromatic carbocycles. The van der Waals surface area contributed by atoms with E-state index >= 15 is 0 Å². The van der Waals surface area contributed by atoms with Crippen LogP contribution in [0.25, 0.3) is 33.2 Å². The van der Waals surface area contributed by atoms with Crippen molar-refractivity contribution in [2.24, 2.45) is 0 Å². The summed E-state index contributed by atoms with van der Waals surface area (Å²) in [4.78, 5) is 8.67. The number of furan rings is 1. The molecular formula is C24H18N2O2. The lowest BCUT2D eigenvalue weighted by molar-refractivity contribution is 0.453. The predicted molar refractivity (Wildman–Crippen MR) is 111 cm³/mol. The van der Waals surface area contributed by atoms with Gasteiger partial charge >= 0.3 is 0 Å². The minimum absolute atomic E-state index is 0.424. The number of rotatable bonds is 3. The van der Waals surface area contributed by atoms with E-state index in [1.54, 1.807) is 0 Å². The molecule has 0 unspecified atom stereocenters. The Kier molecular flexibility index (Phi) is 3.83. The second kappa shape index (κ2) is 6.50. The highest BCUT2D eigenvalue weighted by molar-refractivity contribution is 6.03. The van der Waals surface area contributed by atoms with E-state index in [2.05, 4.69) is 53.3 Å². The van der Waals surface area contributed by atoms with Gasteiger partial charge in [-0.15, -0.1) is 0 Å². The largest absolute Gasteiger partial charge is 0.449 e. The van der Waals surface area contributed by atoms with Crippen molar-refractivity contribution >= 4 is 22.1 Å². The normalized spacial score (nSPS) is 11.2. The molecule has 0 aliphatic carbocycles. The zero-order valence-electron chi connectivity index (χ0n) is 15.6. The van der Waals surface area contributed by atoms with Crippen LogP contribution in [-0.4, -0.2) is 9.97 Å². The van der Waals surface area contributed by atoms with E-state index in [9.17, 15) is 0 Å². The number of aromatic nitrogens is 2. The first kappa shape index (κ1) is 16.5. The van der Waals surface area contributed by atoms with Crippen LogP contribution in [0.3, 0.4) is 0 Å². The third-order valence-corrected chi connectivity index (χ3v) is 4.89. The monoisotopic (exact) mass is 366 g/mol. The summed E-state index contributed by atoms with van der Waals surface area (Å²) in [6, 6.07) is 22.5. The number of para-hydroxylation sites is 1. The van der Waals surface area contributed by atoms with Crippen molar-refractivity contribution in [3.8, 4) is 22.8 Å². The van der Waals surface area contributed by atoms with Gasteiger partial charge in [-0.3, -0.25) is 0 Å². The molecule has 0 N–H and O–H groups in total. The molecule has 0 fully saturated rings. The maximum absolute atomic E-state index is 6.12. The van der Waals surface area contributed by atoms with Gasteiger partial charge in [0.1, 0.15) is 23.2 Å². The Morgan fingerprint density at radius 1 is 0.821 bits per heavy atom. The maximum Gasteiger partial charge on any atom is 0.267 e. The Balaban J connectivity index is 1.53. The van der Waals surface area contributed by atoms with Crippen LogP contribution in [0, 0.1) is 13.8 Å². The molecule has 2 heterocycles. The van der Waals surface area contributed by atoms with Crippen LogP contribution in [0.5, 0.6) is 11.6 Å². The zero-order valence-corrected chi connectivity index (χ0v) is 15.6. The van der Waals surface area contributed by atoms with Gasteiger partial charge in [-0.05, 0) is 54.8 Å². The number of aryl methyl sites for hydroxylation is 2. The fourth-order valence-corrected chi connectivity index (χ4v) is 3.37. The molecule has 136 valence electrons. The molecule has 0 aliphatic rings. The number of benzene rings is 3. The summed E-state index contributed by atoms with van der Waals surface area (Å²) in [7, 11) is 0. The molecule has 4 heteroatoms. The number of nitrogens with zero attached hydrogens (tertiary/aromatic N) is 2. The maximum atomic E-state index is 6.12. The molecule has 0 aliphatic heterocycles. The van der Waals surface area contributed by atoms with Crippen LogP contribution >= 0.6 is 0 Å². The number of ether oxygens (including phenoxy) is 1. The van der Waals surface area contributed by atoms with E-state index < -0.39 is 0 Å². The summed E-state index contributed by atoms with van der Waals surface area (Å²) in [5.74, 6) is 1.17. The average Bonchev–Trinajstić information content (AvgIpc) is 3.10. The van der Waals surface area contributed by atoms with Crippen LogP contribution in [0.4, 0.5) is 0 Å². The lowest BCUT2D eigenvalue weighted by Crippen LogP contribution is -1.92. The van der Waals surface area contributed by atoms with Gasteiger partial charge in [0.25, 0.3) is 5.88 Å². The molecule has 28 heavy (non-hydrogen) atoms. The molecule has 5 aromatic rings. The van der Waals surface area contributed by atoms with Crippen molar-refractivity contribution in [2.45, 2.75) is 13.8 Å². The van der Waals surface area contributed by atoms with Gasteiger partial charge in [0.15, 0.2) is 0 Å². The number of hydrogen-bond donors (Lipinski definition) is 0. The lowest BCUT2D eigenvalue weighted by Gasteiger charge is -2.10. The van der Waals surface area contributed by atoms with Crippen molar-refractivity contribution < 1.29 is 9.15 Å². The Morgan fingerprint density at radius 3 is 2.43 bits per heavy atom. The van der Waals surface area contributed by atoms with Crippen molar-refractivity contribution in [3.05, 3.63) is 84.2 Å². The quantitative estimate of drug-likeness (QED) is 0.368. The molecule has 0 bridgehead atoms. The first-order valence-electron chi connectivity index (χ1n) is 9.17. The molecule has 0 atom stereocenters. The number of fused-ring (bicyclic) bond motifs is 3. The van der Waals surface area contributed by atoms with E-state index in [0.717, 1.165) is 33.4 Å². The van der Waals surface area contributed by atoms with Gasteiger partial charge in [0.2, 0.25) is 5.58 Å². The lowest BCUT2D eigenvalue weighted by atomic mass is 10.0. The summed E-state index contributed by atoms with van der Waals surface area (Å²) in [6.45, 7) is 4.12. The van der Waals surface area contributed by atoms with Crippen molar-refractivity contribution in [2.75, 3.05) is 0 Å². The summed E-state index contributed by atoms with van der Waals surface area (Å²) in [5, 5.41) is 0.955. The van der Waals surface area contributed by atoms with Crippen LogP contribution in [0.15, 0.2) is 77.5 Å². The second-order valence-electron chi connectivity index (χ2n) is 6.90. The molecule has 0 radical (unpaired) electrons. The third kappa shape index (κ3) is 2.79. The molecule has 0 saturated heterocycles. The summed E-state index contributed by atoms with van der Waals surface area (Å²) >= 11 is 0. The van der Waals surface area contributed by atoms with E-state index in [1.165, 1.54) is 17.5 Å². The highest BCUT2D eigenvalue weighted by Gasteiger charge is 2.15. The van der Waals surface area contributed by atoms with Crippen molar-refractivity contribution in [1.82, 2.24) is 9.97 Å². The van der Waals surface area contributed by atoms with Gasteiger partial charge in [0.05, 0.1) is 0 Å². The van der Waals surface area contributed by atoms with E-state index in [0.29, 0.717) is 11.5 Å². The van der Waals surface area contributed by atoms with Gasteiger partial charge < -0.3 is 9.15 Å². The highest BCUT2D eigenvalue weighted by Crippen LogP contribution is 2.35. The minimum atomic E-state index is 0.424. The smallest absolute Gasteiger partial charge is 0.267 e. The van der Waals surface area contributed by atoms with Gasteiger partial charge in [-0.1, -0.05) is 48.0 Å². The summed E-state index contributed by atoms with van der Waals surface area (Å²) in [6.07, 6.45) is 1.51. The van der Waals surface area contributed by atoms with Gasteiger partial charge in [0, 0.05) is 5.39 Å². The topological polar surface area (TPSA) is 48.2 Å². The second-order valence-corrected chi connectivity index (χ2v) is 6.90. The van der Waals surface area contributed by atoms with E-state index in [1.807, 2.05) is 37.3 Å². The summed E-state index contributed by atoms with van der Waals surface area (Å²) in [5.41, 5.74) is 6.71. The van der Waals surface area contributed by atoms with Gasteiger partial charge in [-0.25, -0.2) is 4.98 Å². The van der Waals surface area contributed by atoms with E-state index in [-0.39, 0.29) is 0 Å². The standard InChI is InChI=1S/C24H18N2O2/c1-15-7-9-17(10-8-15)18-11-12-20(16(2)13-18)28-24-23-22(25-14-26-24)19-5-3-4-6-21(19)27-23/h3-14H,1-2H3. The third-order valence-electron chi connectivity index (χ3n) is 4.89. The molecule has 0 saturated carbocycles. The zero-order chi connectivity index (χ0) is 19.1. The Morgan fingerprint density at radius 2 is 1.61 bits per heavy atom. The molecule has 2 aromatic heterocycles. The van der Waals surface area contributed by atoms with Crippen molar-refractivity contribution in [1.29, 1.82) is 0 Å². The fourth-order valence-electron chi connectivity index (χ4n) is 3.37. The van der Waals surface area contributed by atoms with E-state index in [4.69, 9.17) is 9.15 Å². The number of hydrogen-bond acceptors (Lipinski definition) is 4. The Hall–Kier alpha value is -3.66. The first-order chi connectivity index (χ1) is 13.7. The minimum Gasteiger partial charge on any atom is -0.449 e. The van der Waals surface area contributed by atoms with Crippen molar-refractivity contribution in [3.63, 3.8) is 0 Å². The van der Waals surface area contributed by atoms with Crippen LogP contribution in [0.1, 0.15) is 11.1 Å². The van der Waals surface area contributed by atoms with Crippen LogP contribution in [0.2, 0.25) is 0 Å². The van der Waals surface area contributed by atoms with Crippen LogP contribution < -0.4 is 4.74 Å². The average molecular weight is 366 g/mol. The molecule has 0 amide bonds. The fraction of sp³-hybridized carbons (Fsp3) is 0.0833. The first-order valence-corrected chi connectivity index (χ1v) is 9.17. The van der Waals surface area contributed by atoms with Crippen LogP contribution in [-0.2, 0) is 0 Å². The molecule has 5 rings (SSSR count). The highest BCUT2D eigenvalue weighted by atomic mass is 16.5. The van der Waals surface area contributed by atoms with Gasteiger partial charge in [-0.2, -0.15) is 4.98 Å².